The molecule has 72 heavy (non-hydrogen) atoms. The summed E-state index contributed by atoms with van der Waals surface area (Å²) in [6, 6.07) is 17.2. The Balaban J connectivity index is 0.00000281. The zero-order valence-electron chi connectivity index (χ0n) is 42.4. The van der Waals surface area contributed by atoms with Crippen LogP contribution >= 0.6 is 54.0 Å². The quantitative estimate of drug-likeness (QED) is 0.131. The van der Waals surface area contributed by atoms with Crippen molar-refractivity contribution in [3.63, 3.8) is 0 Å². The van der Waals surface area contributed by atoms with E-state index in [0.717, 1.165) is 57.6 Å². The lowest BCUT2D eigenvalue weighted by Crippen LogP contribution is -2.62. The summed E-state index contributed by atoms with van der Waals surface area (Å²) in [5.41, 5.74) is 10.3. The van der Waals surface area contributed by atoms with E-state index in [4.69, 9.17) is 9.47 Å². The third-order valence-electron chi connectivity index (χ3n) is 14.0. The molecule has 19 heteroatoms. The predicted octanol–water partition coefficient (Wildman–Crippen LogP) is 6.15. The van der Waals surface area contributed by atoms with E-state index in [9.17, 15) is 29.1 Å². The molecule has 0 saturated carbocycles. The molecule has 4 aliphatic heterocycles. The summed E-state index contributed by atoms with van der Waals surface area (Å²) in [7, 11) is 1.59. The number of aromatic nitrogens is 1. The van der Waals surface area contributed by atoms with Crippen molar-refractivity contribution in [2.75, 3.05) is 64.5 Å². The first-order chi connectivity index (χ1) is 32.6. The average molecular weight is 1070 g/mol. The van der Waals surface area contributed by atoms with Gasteiger partial charge in [0.15, 0.2) is 0 Å². The van der Waals surface area contributed by atoms with Crippen molar-refractivity contribution in [1.29, 1.82) is 0 Å². The molecule has 3 aromatic carbocycles. The largest absolute Gasteiger partial charge is 0.508 e. The molecule has 4 amide bonds. The number of likely N-dealkylation sites (N-methyl/N-ethyl adjacent to an activating group) is 1. The molecule has 4 aliphatic rings. The molecule has 0 unspecified atom stereocenters. The maximum atomic E-state index is 14.8. The molecule has 0 aliphatic carbocycles. The Kier molecular flexibility index (Phi) is 21.1. The van der Waals surface area contributed by atoms with Crippen LogP contribution < -0.4 is 15.6 Å². The average Bonchev–Trinajstić information content (AvgIpc) is 3.95. The van der Waals surface area contributed by atoms with Crippen LogP contribution in [-0.2, 0) is 52.8 Å². The van der Waals surface area contributed by atoms with E-state index < -0.39 is 47.2 Å². The van der Waals surface area contributed by atoms with Crippen molar-refractivity contribution in [3.8, 4) is 28.1 Å². The molecule has 1 aromatic heterocycles. The van der Waals surface area contributed by atoms with Gasteiger partial charge in [-0.1, -0.05) is 64.6 Å². The van der Waals surface area contributed by atoms with Crippen molar-refractivity contribution in [1.82, 2.24) is 30.1 Å². The molecule has 8 rings (SSSR count). The molecular formula is C53H75N7O8S4. The lowest BCUT2D eigenvalue weighted by atomic mass is 9.84. The number of morpholine rings is 1. The van der Waals surface area contributed by atoms with E-state index in [-0.39, 0.29) is 104 Å². The number of amides is 4. The van der Waals surface area contributed by atoms with Gasteiger partial charge in [-0.2, -0.15) is 54.0 Å². The summed E-state index contributed by atoms with van der Waals surface area (Å²) >= 11 is 0. The van der Waals surface area contributed by atoms with Gasteiger partial charge in [-0.3, -0.25) is 29.0 Å². The van der Waals surface area contributed by atoms with E-state index in [2.05, 4.69) is 90.0 Å². The van der Waals surface area contributed by atoms with Crippen LogP contribution in [0.25, 0.3) is 33.3 Å². The molecule has 6 bridgehead atoms. The number of carbonyl (C=O) groups is 5. The fraction of sp³-hybridized carbons (Fsp3) is 0.491. The summed E-state index contributed by atoms with van der Waals surface area (Å²) in [6.07, 6.45) is 3.24. The van der Waals surface area contributed by atoms with Crippen molar-refractivity contribution in [3.05, 3.63) is 84.4 Å². The summed E-state index contributed by atoms with van der Waals surface area (Å²) in [4.78, 5) is 75.0. The molecule has 3 saturated heterocycles. The number of benzene rings is 3. The lowest BCUT2D eigenvalue weighted by Gasteiger charge is -2.37. The Labute approximate surface area is 452 Å². The van der Waals surface area contributed by atoms with Gasteiger partial charge in [-0.05, 0) is 97.2 Å². The van der Waals surface area contributed by atoms with Crippen molar-refractivity contribution in [2.45, 2.75) is 91.4 Å². The molecule has 3 fully saturated rings. The van der Waals surface area contributed by atoms with Crippen molar-refractivity contribution < 1.29 is 38.6 Å². The van der Waals surface area contributed by atoms with Gasteiger partial charge in [0.25, 0.3) is 5.91 Å². The van der Waals surface area contributed by atoms with Crippen LogP contribution in [-0.4, -0.2) is 132 Å². The zero-order chi connectivity index (χ0) is 48.4. The number of phenols is 1. The molecule has 394 valence electrons. The highest BCUT2D eigenvalue weighted by Crippen LogP contribution is 2.43. The van der Waals surface area contributed by atoms with Gasteiger partial charge in [-0.15, -0.1) is 0 Å². The third kappa shape index (κ3) is 12.8. The van der Waals surface area contributed by atoms with Gasteiger partial charge in [0.1, 0.15) is 23.9 Å². The van der Waals surface area contributed by atoms with Gasteiger partial charge in [0.05, 0.1) is 31.4 Å². The van der Waals surface area contributed by atoms with Crippen molar-refractivity contribution >= 4 is 100 Å². The second-order valence-electron chi connectivity index (χ2n) is 19.9. The predicted molar refractivity (Wildman–Crippen MR) is 303 cm³/mol. The number of rotatable bonds is 9. The van der Waals surface area contributed by atoms with Crippen LogP contribution in [0.5, 0.6) is 5.75 Å². The SMILES string of the molecule is C=CC(=O)N1CC[C@H](C(=O)N(C)[C@H](C(=O)N[C@H]2Cc3cc(O)cc(c3)-c3ccc4c(c3)c(c(-c3ccccc3N3CCOCC3)n4CC)CC(C)(C)COC(=O)[C@@H]3CCCN(N3)C2=O)C(C)C)C1.S.S.S.S. The molecule has 4 aromatic rings. The highest BCUT2D eigenvalue weighted by Gasteiger charge is 2.40. The molecule has 0 spiro atoms. The zero-order valence-corrected chi connectivity index (χ0v) is 46.4. The monoisotopic (exact) mass is 1070 g/mol. The van der Waals surface area contributed by atoms with E-state index >= 15 is 0 Å². The van der Waals surface area contributed by atoms with Gasteiger partial charge in [0, 0.05) is 80.3 Å². The Morgan fingerprint density at radius 1 is 0.958 bits per heavy atom. The van der Waals surface area contributed by atoms with E-state index in [0.29, 0.717) is 57.6 Å². The first-order valence-corrected chi connectivity index (χ1v) is 24.2. The van der Waals surface area contributed by atoms with Crippen molar-refractivity contribution in [2.24, 2.45) is 17.3 Å². The number of ether oxygens (including phenoxy) is 2. The first-order valence-electron chi connectivity index (χ1n) is 24.2. The minimum absolute atomic E-state index is 0. The molecule has 5 heterocycles. The fourth-order valence-corrected chi connectivity index (χ4v) is 10.7. The summed E-state index contributed by atoms with van der Waals surface area (Å²) < 4.78 is 14.3. The number of esters is 1. The van der Waals surface area contributed by atoms with Crippen LogP contribution in [0.15, 0.2) is 73.3 Å². The lowest BCUT2D eigenvalue weighted by molar-refractivity contribution is -0.155. The number of carbonyl (C=O) groups excluding carboxylic acids is 5. The number of anilines is 1. The normalized spacial score (nSPS) is 20.4. The van der Waals surface area contributed by atoms with E-state index in [1.165, 1.54) is 16.0 Å². The number of fused-ring (bicyclic) bond motifs is 6. The summed E-state index contributed by atoms with van der Waals surface area (Å²) in [5, 5.41) is 16.8. The second-order valence-corrected chi connectivity index (χ2v) is 19.9. The topological polar surface area (TPSA) is 166 Å². The Morgan fingerprint density at radius 3 is 2.38 bits per heavy atom. The number of aromatic hydroxyl groups is 1. The molecule has 15 nitrogen and oxygen atoms in total. The van der Waals surface area contributed by atoms with Crippen LogP contribution in [0, 0.1) is 17.3 Å². The van der Waals surface area contributed by atoms with E-state index in [1.54, 1.807) is 24.1 Å². The molecule has 3 N–H and O–H groups in total. The number of cyclic esters (lactones) is 1. The number of hydrogen-bond acceptors (Lipinski definition) is 10. The number of likely N-dealkylation sites (tertiary alicyclic amines) is 1. The Bertz CT molecular complexity index is 2600. The van der Waals surface area contributed by atoms with E-state index in [1.807, 2.05) is 19.9 Å². The minimum Gasteiger partial charge on any atom is -0.508 e. The number of hydrazine groups is 1. The van der Waals surface area contributed by atoms with Crippen LogP contribution in [0.3, 0.4) is 0 Å². The number of para-hydroxylation sites is 1. The summed E-state index contributed by atoms with van der Waals surface area (Å²) in [6.45, 7) is 18.2. The molecule has 0 radical (unpaired) electrons. The van der Waals surface area contributed by atoms with Crippen LogP contribution in [0.1, 0.15) is 65.0 Å². The second kappa shape index (κ2) is 25.4. The third-order valence-corrected chi connectivity index (χ3v) is 14.0. The number of phenolic OH excluding ortho intramolecular Hbond substituents is 1. The minimum atomic E-state index is -1.16. The van der Waals surface area contributed by atoms with Gasteiger partial charge >= 0.3 is 5.97 Å². The Hall–Kier alpha value is -4.79. The maximum Gasteiger partial charge on any atom is 0.324 e. The van der Waals surface area contributed by atoms with Gasteiger partial charge < -0.3 is 39.2 Å². The highest BCUT2D eigenvalue weighted by atomic mass is 32.1. The maximum absolute atomic E-state index is 14.8. The highest BCUT2D eigenvalue weighted by molar-refractivity contribution is 7.59. The number of hydrogen-bond donors (Lipinski definition) is 3. The van der Waals surface area contributed by atoms with Crippen LogP contribution in [0.4, 0.5) is 5.69 Å². The number of nitrogens with zero attached hydrogens (tertiary/aromatic N) is 5. The standard InChI is InChI=1S/C53H67N7O8.4H2S/c1-8-46(62)58-20-18-36(31-58)50(64)56(7)47(33(3)4)49(63)54-43-27-34-25-37(28-38(61)26-34)35-16-17-45-40(29-35)41(30-53(5,6)32-68-52(66)42-14-12-19-60(55-42)51(43)65)48(59(45)9-2)39-13-10-11-15-44(39)57-21-23-67-24-22-57;;;;/h8,10-11,13,15-17,25-26,28-29,33,36,42-43,47,55,61H,1,9,12,14,18-24,27,30-32H2,2-7H3,(H,54,63);4*1H2/t36-,42-,43-,47-;;;;/m0..../s1. The first kappa shape index (κ1) is 59.8. The Morgan fingerprint density at radius 2 is 1.68 bits per heavy atom. The number of aryl methyl sites for hydroxylation is 1. The summed E-state index contributed by atoms with van der Waals surface area (Å²) in [5.74, 6) is -2.80. The van der Waals surface area contributed by atoms with Gasteiger partial charge in [0.2, 0.25) is 17.7 Å². The number of nitrogens with one attached hydrogen (secondary N) is 2. The van der Waals surface area contributed by atoms with Gasteiger partial charge in [-0.25, -0.2) is 5.43 Å². The van der Waals surface area contributed by atoms with Crippen LogP contribution in [0.2, 0.25) is 0 Å². The molecule has 4 atom stereocenters. The molecular weight excluding hydrogens is 991 g/mol. The smallest absolute Gasteiger partial charge is 0.324 e. The fourth-order valence-electron chi connectivity index (χ4n) is 10.7.